The lowest BCUT2D eigenvalue weighted by Crippen LogP contribution is -2.16. The van der Waals surface area contributed by atoms with E-state index >= 15 is 0 Å². The number of carbonyl (C=O) groups is 1. The molecule has 26 heavy (non-hydrogen) atoms. The van der Waals surface area contributed by atoms with Gasteiger partial charge in [0.15, 0.2) is 0 Å². The molecule has 0 saturated carbocycles. The normalized spacial score (nSPS) is 12.3. The van der Waals surface area contributed by atoms with E-state index < -0.39 is 23.7 Å². The van der Waals surface area contributed by atoms with Crippen molar-refractivity contribution in [1.29, 1.82) is 0 Å². The number of thioether (sulfide) groups is 1. The Balaban J connectivity index is 2.17. The minimum atomic E-state index is -3.17. The van der Waals surface area contributed by atoms with Crippen molar-refractivity contribution in [2.75, 3.05) is 5.32 Å². The van der Waals surface area contributed by atoms with Gasteiger partial charge in [-0.05, 0) is 48.4 Å². The molecule has 1 unspecified atom stereocenters. The Kier molecular flexibility index (Phi) is 7.20. The molecule has 0 fully saturated rings. The Labute approximate surface area is 161 Å². The Morgan fingerprint density at radius 1 is 1.19 bits per heavy atom. The maximum Gasteiger partial charge on any atom is 0.278 e. The molecular formula is C17H13Cl2F4NOS. The first-order valence-corrected chi connectivity index (χ1v) is 8.93. The number of benzene rings is 2. The quantitative estimate of drug-likeness (QED) is 0.436. The molecule has 0 aliphatic carbocycles. The Bertz CT molecular complexity index is 820. The van der Waals surface area contributed by atoms with Crippen LogP contribution in [0.15, 0.2) is 35.2 Å². The van der Waals surface area contributed by atoms with Gasteiger partial charge in [-0.3, -0.25) is 4.79 Å². The van der Waals surface area contributed by atoms with Gasteiger partial charge in [0.1, 0.15) is 5.82 Å². The minimum absolute atomic E-state index is 0.107. The van der Waals surface area contributed by atoms with Crippen LogP contribution in [-0.4, -0.2) is 17.8 Å². The summed E-state index contributed by atoms with van der Waals surface area (Å²) in [6.45, 7) is 1.46. The van der Waals surface area contributed by atoms with Crippen molar-refractivity contribution in [3.63, 3.8) is 0 Å². The van der Waals surface area contributed by atoms with E-state index in [9.17, 15) is 22.4 Å². The fourth-order valence-corrected chi connectivity index (χ4v) is 3.25. The van der Waals surface area contributed by atoms with Gasteiger partial charge in [0.05, 0.1) is 12.1 Å². The van der Waals surface area contributed by atoms with E-state index in [1.807, 2.05) is 0 Å². The van der Waals surface area contributed by atoms with E-state index in [4.69, 9.17) is 23.2 Å². The van der Waals surface area contributed by atoms with Crippen LogP contribution < -0.4 is 5.32 Å². The monoisotopic (exact) mass is 425 g/mol. The second-order valence-electron chi connectivity index (χ2n) is 5.36. The van der Waals surface area contributed by atoms with Crippen LogP contribution in [0.1, 0.15) is 11.1 Å². The average molecular weight is 426 g/mol. The molecule has 0 radical (unpaired) electrons. The third-order valence-corrected chi connectivity index (χ3v) is 5.06. The van der Waals surface area contributed by atoms with E-state index in [-0.39, 0.29) is 34.3 Å². The molecule has 0 aliphatic heterocycles. The minimum Gasteiger partial charge on any atom is -0.323 e. The van der Waals surface area contributed by atoms with E-state index in [0.717, 1.165) is 12.1 Å². The summed E-state index contributed by atoms with van der Waals surface area (Å²) in [6, 6.07) is 6.76. The Morgan fingerprint density at radius 3 is 2.54 bits per heavy atom. The third-order valence-electron chi connectivity index (χ3n) is 3.34. The second kappa shape index (κ2) is 8.97. The molecule has 0 aliphatic rings. The van der Waals surface area contributed by atoms with Crippen molar-refractivity contribution >= 4 is 46.6 Å². The number of carbonyl (C=O) groups excluding carboxylic acids is 1. The lowest BCUT2D eigenvalue weighted by Gasteiger charge is -2.13. The molecule has 0 bridgehead atoms. The molecular weight excluding hydrogens is 413 g/mol. The molecule has 1 atom stereocenters. The molecule has 2 aromatic carbocycles. The highest BCUT2D eigenvalue weighted by atomic mass is 35.5. The van der Waals surface area contributed by atoms with Crippen LogP contribution in [0.2, 0.25) is 10.0 Å². The van der Waals surface area contributed by atoms with Crippen molar-refractivity contribution in [1.82, 2.24) is 0 Å². The number of aryl methyl sites for hydroxylation is 1. The van der Waals surface area contributed by atoms with Gasteiger partial charge >= 0.3 is 0 Å². The van der Waals surface area contributed by atoms with Crippen LogP contribution in [0.4, 0.5) is 23.2 Å². The van der Waals surface area contributed by atoms with Crippen LogP contribution in [0.25, 0.3) is 0 Å². The smallest absolute Gasteiger partial charge is 0.278 e. The molecule has 140 valence electrons. The standard InChI is InChI=1S/C17H13Cl2F4NOS/c1-8-4-12(20)13(7-14(8)26-17(23)16(21)22)24-15(25)6-9-5-10(18)2-3-11(9)19/h2-5,7,16-17H,6H2,1H3,(H,24,25). The van der Waals surface area contributed by atoms with E-state index in [1.54, 1.807) is 6.07 Å². The predicted molar refractivity (Wildman–Crippen MR) is 96.7 cm³/mol. The first-order chi connectivity index (χ1) is 12.2. The molecule has 9 heteroatoms. The van der Waals surface area contributed by atoms with Crippen molar-refractivity contribution < 1.29 is 22.4 Å². The van der Waals surface area contributed by atoms with Crippen LogP contribution >= 0.6 is 35.0 Å². The Morgan fingerprint density at radius 2 is 1.88 bits per heavy atom. The van der Waals surface area contributed by atoms with Gasteiger partial charge in [-0.25, -0.2) is 17.6 Å². The highest BCUT2D eigenvalue weighted by Gasteiger charge is 2.22. The second-order valence-corrected chi connectivity index (χ2v) is 7.33. The molecule has 2 aromatic rings. The molecule has 2 nitrogen and oxygen atoms in total. The van der Waals surface area contributed by atoms with E-state index in [1.165, 1.54) is 19.1 Å². The summed E-state index contributed by atoms with van der Waals surface area (Å²) in [7, 11) is 0. The van der Waals surface area contributed by atoms with Crippen LogP contribution in [0.5, 0.6) is 0 Å². The number of halogens is 6. The van der Waals surface area contributed by atoms with Crippen molar-refractivity contribution in [3.8, 4) is 0 Å². The van der Waals surface area contributed by atoms with Gasteiger partial charge in [0.2, 0.25) is 11.4 Å². The van der Waals surface area contributed by atoms with Gasteiger partial charge in [-0.2, -0.15) is 0 Å². The summed E-state index contributed by atoms with van der Waals surface area (Å²) >= 11 is 12.1. The topological polar surface area (TPSA) is 29.1 Å². The van der Waals surface area contributed by atoms with Gasteiger partial charge < -0.3 is 5.32 Å². The van der Waals surface area contributed by atoms with Crippen LogP contribution in [-0.2, 0) is 11.2 Å². The maximum absolute atomic E-state index is 14.1. The van der Waals surface area contributed by atoms with Crippen LogP contribution in [0.3, 0.4) is 0 Å². The van der Waals surface area contributed by atoms with Gasteiger partial charge in [0.25, 0.3) is 6.43 Å². The third kappa shape index (κ3) is 5.53. The highest BCUT2D eigenvalue weighted by Crippen LogP contribution is 2.34. The lowest BCUT2D eigenvalue weighted by atomic mass is 10.1. The molecule has 0 saturated heterocycles. The summed E-state index contributed by atoms with van der Waals surface area (Å²) in [4.78, 5) is 12.3. The highest BCUT2D eigenvalue weighted by molar-refractivity contribution is 7.99. The Hall–Kier alpha value is -1.44. The first kappa shape index (κ1) is 20.9. The zero-order valence-corrected chi connectivity index (χ0v) is 15.7. The molecule has 1 N–H and O–H groups in total. The summed E-state index contributed by atoms with van der Waals surface area (Å²) in [6.07, 6.45) is -3.34. The lowest BCUT2D eigenvalue weighted by molar-refractivity contribution is -0.115. The molecule has 0 spiro atoms. The average Bonchev–Trinajstić information content (AvgIpc) is 2.55. The van der Waals surface area contributed by atoms with E-state index in [0.29, 0.717) is 15.6 Å². The molecule has 0 heterocycles. The number of rotatable bonds is 6. The molecule has 0 aromatic heterocycles. The summed E-state index contributed by atoms with van der Waals surface area (Å²) in [5.41, 5.74) is -1.96. The number of hydrogen-bond donors (Lipinski definition) is 1. The van der Waals surface area contributed by atoms with Gasteiger partial charge in [-0.1, -0.05) is 35.0 Å². The number of anilines is 1. The first-order valence-electron chi connectivity index (χ1n) is 7.30. The zero-order chi connectivity index (χ0) is 19.4. The summed E-state index contributed by atoms with van der Waals surface area (Å²) < 4.78 is 52.1. The molecule has 2 rings (SSSR count). The number of nitrogens with one attached hydrogen (secondary N) is 1. The summed E-state index contributed by atoms with van der Waals surface area (Å²) in [5.74, 6) is -1.34. The molecule has 1 amide bonds. The maximum atomic E-state index is 14.1. The van der Waals surface area contributed by atoms with Crippen LogP contribution in [0, 0.1) is 12.7 Å². The largest absolute Gasteiger partial charge is 0.323 e. The SMILES string of the molecule is Cc1cc(F)c(NC(=O)Cc2cc(Cl)ccc2Cl)cc1SC(F)C(F)F. The van der Waals surface area contributed by atoms with Crippen molar-refractivity contribution in [2.24, 2.45) is 0 Å². The van der Waals surface area contributed by atoms with Crippen molar-refractivity contribution in [2.45, 2.75) is 30.2 Å². The fourth-order valence-electron chi connectivity index (χ4n) is 2.09. The summed E-state index contributed by atoms with van der Waals surface area (Å²) in [5, 5.41) is 3.05. The fraction of sp³-hybridized carbons (Fsp3) is 0.235. The number of alkyl halides is 3. The number of hydrogen-bond acceptors (Lipinski definition) is 2. The predicted octanol–water partition coefficient (Wildman–Crippen LogP) is 6.27. The van der Waals surface area contributed by atoms with Crippen molar-refractivity contribution in [3.05, 3.63) is 57.3 Å². The number of amides is 1. The zero-order valence-electron chi connectivity index (χ0n) is 13.3. The van der Waals surface area contributed by atoms with Gasteiger partial charge in [-0.15, -0.1) is 0 Å². The van der Waals surface area contributed by atoms with E-state index in [2.05, 4.69) is 5.32 Å². The van der Waals surface area contributed by atoms with Gasteiger partial charge in [0, 0.05) is 14.9 Å².